The molecular weight excluding hydrogens is 245 g/mol. The molecule has 0 saturated carbocycles. The fourth-order valence-electron chi connectivity index (χ4n) is 1.42. The summed E-state index contributed by atoms with van der Waals surface area (Å²) >= 11 is 0. The topological polar surface area (TPSA) is 104 Å². The van der Waals surface area contributed by atoms with Crippen LogP contribution in [-0.2, 0) is 4.79 Å². The number of nitrogens with zero attached hydrogens (tertiary/aromatic N) is 2. The molecule has 0 aliphatic carbocycles. The molecule has 1 aromatic carbocycles. The number of rotatable bonds is 3. The molecule has 0 aliphatic heterocycles. The zero-order valence-electron chi connectivity index (χ0n) is 8.92. The minimum atomic E-state index is -1.23. The van der Waals surface area contributed by atoms with Gasteiger partial charge in [0.1, 0.15) is 17.9 Å². The predicted molar refractivity (Wildman–Crippen MR) is 56.8 cm³/mol. The molecule has 2 rings (SSSR count). The Morgan fingerprint density at radius 1 is 1.44 bits per heavy atom. The van der Waals surface area contributed by atoms with Crippen molar-refractivity contribution in [2.45, 2.75) is 0 Å². The number of benzene rings is 1. The number of nitrogens with one attached hydrogen (secondary N) is 1. The Hall–Kier alpha value is -2.64. The highest BCUT2D eigenvalue weighted by molar-refractivity contribution is 5.95. The first-order valence-electron chi connectivity index (χ1n) is 4.86. The minimum absolute atomic E-state index is 0.0236. The first kappa shape index (κ1) is 11.8. The van der Waals surface area contributed by atoms with Gasteiger partial charge in [-0.2, -0.15) is 4.73 Å². The van der Waals surface area contributed by atoms with E-state index in [9.17, 15) is 19.2 Å². The molecule has 1 heterocycles. The number of hydrogen-bond donors (Lipinski definition) is 3. The monoisotopic (exact) mass is 253 g/mol. The lowest BCUT2D eigenvalue weighted by atomic mass is 10.3. The van der Waals surface area contributed by atoms with Crippen LogP contribution in [0.2, 0.25) is 0 Å². The van der Waals surface area contributed by atoms with Crippen LogP contribution in [0.1, 0.15) is 10.6 Å². The Morgan fingerprint density at radius 3 is 2.83 bits per heavy atom. The highest BCUT2D eigenvalue weighted by Crippen LogP contribution is 2.15. The van der Waals surface area contributed by atoms with Crippen molar-refractivity contribution in [3.8, 4) is 0 Å². The van der Waals surface area contributed by atoms with Crippen molar-refractivity contribution in [3.05, 3.63) is 29.8 Å². The maximum Gasteiger partial charge on any atom is 0.322 e. The van der Waals surface area contributed by atoms with Crippen molar-refractivity contribution in [2.75, 3.05) is 6.54 Å². The third kappa shape index (κ3) is 2.08. The molecule has 0 unspecified atom stereocenters. The van der Waals surface area contributed by atoms with Crippen molar-refractivity contribution in [2.24, 2.45) is 0 Å². The van der Waals surface area contributed by atoms with Crippen LogP contribution in [0, 0.1) is 5.82 Å². The molecule has 2 aromatic rings. The van der Waals surface area contributed by atoms with Crippen LogP contribution in [0.15, 0.2) is 18.2 Å². The number of carboxylic acid groups (broad SMARTS) is 1. The van der Waals surface area contributed by atoms with Crippen LogP contribution in [0.5, 0.6) is 0 Å². The standard InChI is InChI=1S/C10H8FN3O4/c11-5-1-2-6-7(3-5)14(18)9(13-6)10(17)12-4-8(15)16/h1-3,18H,4H2,(H,12,17)(H,15,16). The first-order valence-corrected chi connectivity index (χ1v) is 4.86. The van der Waals surface area contributed by atoms with Crippen LogP contribution in [0.3, 0.4) is 0 Å². The molecule has 18 heavy (non-hydrogen) atoms. The van der Waals surface area contributed by atoms with Gasteiger partial charge in [0.2, 0.25) is 5.82 Å². The fraction of sp³-hybridized carbons (Fsp3) is 0.100. The van der Waals surface area contributed by atoms with Crippen molar-refractivity contribution in [1.82, 2.24) is 15.0 Å². The van der Waals surface area contributed by atoms with Gasteiger partial charge in [0.25, 0.3) is 5.91 Å². The van der Waals surface area contributed by atoms with Crippen LogP contribution < -0.4 is 5.32 Å². The lowest BCUT2D eigenvalue weighted by Crippen LogP contribution is -2.31. The second kappa shape index (κ2) is 4.32. The van der Waals surface area contributed by atoms with Crippen LogP contribution in [-0.4, -0.2) is 38.4 Å². The zero-order chi connectivity index (χ0) is 13.3. The van der Waals surface area contributed by atoms with Crippen LogP contribution >= 0.6 is 0 Å². The third-order valence-corrected chi connectivity index (χ3v) is 2.20. The van der Waals surface area contributed by atoms with Gasteiger partial charge >= 0.3 is 5.97 Å². The number of fused-ring (bicyclic) bond motifs is 1. The van der Waals surface area contributed by atoms with E-state index in [0.717, 1.165) is 12.1 Å². The summed E-state index contributed by atoms with van der Waals surface area (Å²) in [6.45, 7) is -0.601. The van der Waals surface area contributed by atoms with E-state index in [1.54, 1.807) is 0 Å². The summed E-state index contributed by atoms with van der Waals surface area (Å²) in [6, 6.07) is 3.44. The van der Waals surface area contributed by atoms with E-state index < -0.39 is 30.1 Å². The molecule has 1 aromatic heterocycles. The quantitative estimate of drug-likeness (QED) is 0.679. The highest BCUT2D eigenvalue weighted by Gasteiger charge is 2.18. The molecule has 0 saturated heterocycles. The Morgan fingerprint density at radius 2 is 2.17 bits per heavy atom. The van der Waals surface area contributed by atoms with Gasteiger partial charge in [-0.1, -0.05) is 0 Å². The van der Waals surface area contributed by atoms with Crippen LogP contribution in [0.25, 0.3) is 11.0 Å². The number of imidazole rings is 1. The fourth-order valence-corrected chi connectivity index (χ4v) is 1.42. The lowest BCUT2D eigenvalue weighted by Gasteiger charge is -2.01. The Kier molecular flexibility index (Phi) is 2.84. The number of hydrogen-bond acceptors (Lipinski definition) is 4. The second-order valence-corrected chi connectivity index (χ2v) is 3.46. The summed E-state index contributed by atoms with van der Waals surface area (Å²) < 4.78 is 13.4. The van der Waals surface area contributed by atoms with Gasteiger partial charge in [-0.3, -0.25) is 9.59 Å². The van der Waals surface area contributed by atoms with Gasteiger partial charge in [-0.25, -0.2) is 9.37 Å². The number of aliphatic carboxylic acids is 1. The van der Waals surface area contributed by atoms with Crippen molar-refractivity contribution >= 4 is 22.9 Å². The summed E-state index contributed by atoms with van der Waals surface area (Å²) in [5.41, 5.74) is 0.245. The van der Waals surface area contributed by atoms with Gasteiger partial charge in [0.05, 0.1) is 5.52 Å². The molecule has 0 fully saturated rings. The smallest absolute Gasteiger partial charge is 0.322 e. The molecule has 0 aliphatic rings. The molecular formula is C10H8FN3O4. The number of aromatic nitrogens is 2. The predicted octanol–water partition coefficient (Wildman–Crippen LogP) is 0.227. The molecule has 0 spiro atoms. The van der Waals surface area contributed by atoms with Crippen molar-refractivity contribution in [3.63, 3.8) is 0 Å². The van der Waals surface area contributed by atoms with E-state index in [2.05, 4.69) is 4.98 Å². The maximum atomic E-state index is 13.0. The molecule has 3 N–H and O–H groups in total. The minimum Gasteiger partial charge on any atom is -0.480 e. The van der Waals surface area contributed by atoms with E-state index in [1.165, 1.54) is 6.07 Å². The average molecular weight is 253 g/mol. The molecule has 1 amide bonds. The number of carboxylic acids is 1. The van der Waals surface area contributed by atoms with Crippen molar-refractivity contribution in [1.29, 1.82) is 0 Å². The average Bonchev–Trinajstić information content (AvgIpc) is 2.64. The molecule has 0 atom stereocenters. The normalized spacial score (nSPS) is 10.5. The summed E-state index contributed by atoms with van der Waals surface area (Å²) in [7, 11) is 0. The lowest BCUT2D eigenvalue weighted by molar-refractivity contribution is -0.135. The molecule has 94 valence electrons. The van der Waals surface area contributed by atoms with E-state index in [1.807, 2.05) is 5.32 Å². The summed E-state index contributed by atoms with van der Waals surface area (Å²) in [4.78, 5) is 25.6. The number of carbonyl (C=O) groups excluding carboxylic acids is 1. The van der Waals surface area contributed by atoms with Gasteiger partial charge in [-0.15, -0.1) is 0 Å². The maximum absolute atomic E-state index is 13.0. The SMILES string of the molecule is O=C(O)CNC(=O)c1nc2ccc(F)cc2n1O. The second-order valence-electron chi connectivity index (χ2n) is 3.46. The molecule has 7 nitrogen and oxygen atoms in total. The Balaban J connectivity index is 2.36. The zero-order valence-corrected chi connectivity index (χ0v) is 8.92. The van der Waals surface area contributed by atoms with E-state index in [0.29, 0.717) is 4.73 Å². The summed E-state index contributed by atoms with van der Waals surface area (Å²) in [6.07, 6.45) is 0. The summed E-state index contributed by atoms with van der Waals surface area (Å²) in [5, 5.41) is 20.1. The van der Waals surface area contributed by atoms with Gasteiger partial charge in [-0.05, 0) is 12.1 Å². The molecule has 0 bridgehead atoms. The van der Waals surface area contributed by atoms with Gasteiger partial charge in [0.15, 0.2) is 0 Å². The number of carbonyl (C=O) groups is 2. The van der Waals surface area contributed by atoms with Crippen molar-refractivity contribution < 1.29 is 24.3 Å². The van der Waals surface area contributed by atoms with E-state index in [-0.39, 0.29) is 11.0 Å². The van der Waals surface area contributed by atoms with E-state index >= 15 is 0 Å². The molecule has 8 heteroatoms. The first-order chi connectivity index (χ1) is 8.49. The molecule has 0 radical (unpaired) electrons. The number of amides is 1. The largest absolute Gasteiger partial charge is 0.480 e. The third-order valence-electron chi connectivity index (χ3n) is 2.20. The Labute approximate surface area is 99.4 Å². The number of halogens is 1. The van der Waals surface area contributed by atoms with Crippen LogP contribution in [0.4, 0.5) is 4.39 Å². The van der Waals surface area contributed by atoms with E-state index in [4.69, 9.17) is 5.11 Å². The highest BCUT2D eigenvalue weighted by atomic mass is 19.1. The Bertz CT molecular complexity index is 637. The summed E-state index contributed by atoms with van der Waals surface area (Å²) in [5.74, 6) is -3.08. The van der Waals surface area contributed by atoms with Gasteiger partial charge < -0.3 is 15.6 Å². The van der Waals surface area contributed by atoms with Gasteiger partial charge in [0, 0.05) is 6.07 Å².